The molecule has 0 radical (unpaired) electrons. The average Bonchev–Trinajstić information content (AvgIpc) is 2.30. The van der Waals surface area contributed by atoms with E-state index in [0.717, 1.165) is 0 Å². The minimum absolute atomic E-state index is 0.124. The van der Waals surface area contributed by atoms with Crippen LogP contribution in [0.15, 0.2) is 18.2 Å². The van der Waals surface area contributed by atoms with Crippen molar-refractivity contribution in [3.63, 3.8) is 0 Å². The smallest absolute Gasteiger partial charge is 0.238 e. The molecule has 1 aromatic rings. The van der Waals surface area contributed by atoms with Crippen LogP contribution in [0, 0.1) is 11.7 Å². The van der Waals surface area contributed by atoms with Crippen molar-refractivity contribution in [2.75, 3.05) is 12.4 Å². The molecule has 0 aliphatic rings. The van der Waals surface area contributed by atoms with E-state index in [4.69, 9.17) is 4.74 Å². The first-order valence-electron chi connectivity index (χ1n) is 5.24. The fourth-order valence-corrected chi connectivity index (χ4v) is 1.35. The molecule has 0 aliphatic carbocycles. The van der Waals surface area contributed by atoms with Gasteiger partial charge < -0.3 is 10.1 Å². The lowest BCUT2D eigenvalue weighted by Gasteiger charge is -2.14. The molecule has 0 bridgehead atoms. The zero-order chi connectivity index (χ0) is 13.0. The van der Waals surface area contributed by atoms with Crippen LogP contribution in [0.5, 0.6) is 5.75 Å². The van der Waals surface area contributed by atoms with Gasteiger partial charge in [0, 0.05) is 6.07 Å². The standard InChI is InChI=1S/C12H15BrFNO2/c1-7(2)11(13)12(16)15-10-6-8(17-3)4-5-9(10)14/h4-7,11H,1-3H3,(H,15,16). The second-order valence-electron chi connectivity index (χ2n) is 3.98. The zero-order valence-electron chi connectivity index (χ0n) is 9.96. The largest absolute Gasteiger partial charge is 0.497 e. The number of rotatable bonds is 4. The first kappa shape index (κ1) is 14.0. The highest BCUT2D eigenvalue weighted by Crippen LogP contribution is 2.22. The highest BCUT2D eigenvalue weighted by atomic mass is 79.9. The number of benzene rings is 1. The van der Waals surface area contributed by atoms with Crippen LogP contribution in [0.4, 0.5) is 10.1 Å². The van der Waals surface area contributed by atoms with Gasteiger partial charge in [-0.2, -0.15) is 0 Å². The Kier molecular flexibility index (Phi) is 4.93. The summed E-state index contributed by atoms with van der Waals surface area (Å²) in [5.41, 5.74) is 0.124. The summed E-state index contributed by atoms with van der Waals surface area (Å²) >= 11 is 3.26. The van der Waals surface area contributed by atoms with Crippen molar-refractivity contribution in [2.24, 2.45) is 5.92 Å². The molecule has 0 aliphatic heterocycles. The van der Waals surface area contributed by atoms with Gasteiger partial charge in [0.1, 0.15) is 11.6 Å². The zero-order valence-corrected chi connectivity index (χ0v) is 11.5. The lowest BCUT2D eigenvalue weighted by molar-refractivity contribution is -0.116. The molecule has 1 aromatic carbocycles. The van der Waals surface area contributed by atoms with E-state index in [1.54, 1.807) is 0 Å². The van der Waals surface area contributed by atoms with Crippen LogP contribution in [-0.4, -0.2) is 17.8 Å². The van der Waals surface area contributed by atoms with Crippen LogP contribution < -0.4 is 10.1 Å². The summed E-state index contributed by atoms with van der Waals surface area (Å²) in [4.78, 5) is 11.4. The van der Waals surface area contributed by atoms with E-state index in [1.807, 2.05) is 13.8 Å². The predicted molar refractivity (Wildman–Crippen MR) is 69.1 cm³/mol. The first-order valence-corrected chi connectivity index (χ1v) is 6.15. The van der Waals surface area contributed by atoms with Gasteiger partial charge in [-0.1, -0.05) is 29.8 Å². The summed E-state index contributed by atoms with van der Waals surface area (Å²) in [7, 11) is 1.49. The number of carbonyl (C=O) groups excluding carboxylic acids is 1. The number of nitrogens with one attached hydrogen (secondary N) is 1. The Hall–Kier alpha value is -1.10. The van der Waals surface area contributed by atoms with Gasteiger partial charge in [0.2, 0.25) is 5.91 Å². The van der Waals surface area contributed by atoms with Gasteiger partial charge in [-0.15, -0.1) is 0 Å². The van der Waals surface area contributed by atoms with Crippen molar-refractivity contribution in [1.29, 1.82) is 0 Å². The van der Waals surface area contributed by atoms with E-state index in [2.05, 4.69) is 21.2 Å². The number of carbonyl (C=O) groups is 1. The van der Waals surface area contributed by atoms with Crippen LogP contribution in [0.25, 0.3) is 0 Å². The predicted octanol–water partition coefficient (Wildman–Crippen LogP) is 3.19. The third-order valence-corrected chi connectivity index (χ3v) is 3.74. The molecular weight excluding hydrogens is 289 g/mol. The van der Waals surface area contributed by atoms with Crippen molar-refractivity contribution in [3.8, 4) is 5.75 Å². The molecular formula is C12H15BrFNO2. The molecule has 0 fully saturated rings. The summed E-state index contributed by atoms with van der Waals surface area (Å²) in [5, 5.41) is 2.53. The average molecular weight is 304 g/mol. The van der Waals surface area contributed by atoms with E-state index in [-0.39, 0.29) is 22.3 Å². The van der Waals surface area contributed by atoms with Gasteiger partial charge in [-0.25, -0.2) is 4.39 Å². The normalized spacial score (nSPS) is 12.4. The fourth-order valence-electron chi connectivity index (χ4n) is 1.23. The van der Waals surface area contributed by atoms with Crippen molar-refractivity contribution < 1.29 is 13.9 Å². The quantitative estimate of drug-likeness (QED) is 0.868. The maximum Gasteiger partial charge on any atom is 0.238 e. The third-order valence-electron chi connectivity index (χ3n) is 2.27. The Morgan fingerprint density at radius 2 is 2.12 bits per heavy atom. The molecule has 5 heteroatoms. The van der Waals surface area contributed by atoms with Crippen LogP contribution in [0.3, 0.4) is 0 Å². The molecule has 0 spiro atoms. The second kappa shape index (κ2) is 6.00. The number of anilines is 1. The first-order chi connectivity index (χ1) is 7.95. The second-order valence-corrected chi connectivity index (χ2v) is 4.97. The Morgan fingerprint density at radius 3 is 2.65 bits per heavy atom. The van der Waals surface area contributed by atoms with Gasteiger partial charge in [0.05, 0.1) is 17.6 Å². The minimum atomic E-state index is -0.484. The highest BCUT2D eigenvalue weighted by Gasteiger charge is 2.19. The summed E-state index contributed by atoms with van der Waals surface area (Å²) in [6.07, 6.45) is 0. The summed E-state index contributed by atoms with van der Waals surface area (Å²) < 4.78 is 18.4. The third kappa shape index (κ3) is 3.70. The van der Waals surface area contributed by atoms with Crippen LogP contribution in [-0.2, 0) is 4.79 Å². The molecule has 1 amide bonds. The van der Waals surface area contributed by atoms with Crippen LogP contribution in [0.1, 0.15) is 13.8 Å². The molecule has 1 atom stereocenters. The molecule has 17 heavy (non-hydrogen) atoms. The highest BCUT2D eigenvalue weighted by molar-refractivity contribution is 9.10. The monoisotopic (exact) mass is 303 g/mol. The number of hydrogen-bond acceptors (Lipinski definition) is 2. The Labute approximate surface area is 108 Å². The Bertz CT molecular complexity index is 409. The number of amides is 1. The molecule has 0 saturated carbocycles. The molecule has 1 rings (SSSR count). The SMILES string of the molecule is COc1ccc(F)c(NC(=O)C(Br)C(C)C)c1. The number of ether oxygens (including phenoxy) is 1. The van der Waals surface area contributed by atoms with E-state index in [0.29, 0.717) is 5.75 Å². The summed E-state index contributed by atoms with van der Waals surface area (Å²) in [5.74, 6) is -0.129. The van der Waals surface area contributed by atoms with E-state index < -0.39 is 5.82 Å². The molecule has 3 nitrogen and oxygen atoms in total. The number of halogens is 2. The van der Waals surface area contributed by atoms with E-state index >= 15 is 0 Å². The van der Waals surface area contributed by atoms with Crippen molar-refractivity contribution in [3.05, 3.63) is 24.0 Å². The molecule has 0 saturated heterocycles. The Balaban J connectivity index is 2.84. The summed E-state index contributed by atoms with van der Waals surface area (Å²) in [6, 6.07) is 4.21. The lowest BCUT2D eigenvalue weighted by Crippen LogP contribution is -2.27. The minimum Gasteiger partial charge on any atom is -0.497 e. The molecule has 0 heterocycles. The molecule has 0 aromatic heterocycles. The van der Waals surface area contributed by atoms with Crippen molar-refractivity contribution in [1.82, 2.24) is 0 Å². The van der Waals surface area contributed by atoms with E-state index in [1.165, 1.54) is 25.3 Å². The van der Waals surface area contributed by atoms with Crippen LogP contribution >= 0.6 is 15.9 Å². The molecule has 1 N–H and O–H groups in total. The van der Waals surface area contributed by atoms with E-state index in [9.17, 15) is 9.18 Å². The van der Waals surface area contributed by atoms with Gasteiger partial charge in [0.25, 0.3) is 0 Å². The van der Waals surface area contributed by atoms with Crippen LogP contribution in [0.2, 0.25) is 0 Å². The fraction of sp³-hybridized carbons (Fsp3) is 0.417. The van der Waals surface area contributed by atoms with Crippen molar-refractivity contribution in [2.45, 2.75) is 18.7 Å². The molecule has 94 valence electrons. The maximum absolute atomic E-state index is 13.4. The topological polar surface area (TPSA) is 38.3 Å². The number of hydrogen-bond donors (Lipinski definition) is 1. The van der Waals surface area contributed by atoms with Gasteiger partial charge in [0.15, 0.2) is 0 Å². The Morgan fingerprint density at radius 1 is 1.47 bits per heavy atom. The number of methoxy groups -OCH3 is 1. The van der Waals surface area contributed by atoms with Gasteiger partial charge in [-0.3, -0.25) is 4.79 Å². The summed E-state index contributed by atoms with van der Waals surface area (Å²) in [6.45, 7) is 3.81. The molecule has 1 unspecified atom stereocenters. The van der Waals surface area contributed by atoms with Gasteiger partial charge >= 0.3 is 0 Å². The van der Waals surface area contributed by atoms with Gasteiger partial charge in [-0.05, 0) is 18.1 Å². The van der Waals surface area contributed by atoms with Crippen molar-refractivity contribution >= 4 is 27.5 Å². The number of alkyl halides is 1. The lowest BCUT2D eigenvalue weighted by atomic mass is 10.1. The maximum atomic E-state index is 13.4.